The first-order valence-electron chi connectivity index (χ1n) is 7.82. The van der Waals surface area contributed by atoms with E-state index in [4.69, 9.17) is 4.74 Å². The van der Waals surface area contributed by atoms with Crippen molar-refractivity contribution in [3.05, 3.63) is 33.5 Å². The van der Waals surface area contributed by atoms with Gasteiger partial charge in [-0.1, -0.05) is 0 Å². The molecule has 7 heteroatoms. The summed E-state index contributed by atoms with van der Waals surface area (Å²) in [7, 11) is 0. The molecular weight excluding hydrogens is 312 g/mol. The van der Waals surface area contributed by atoms with Crippen LogP contribution in [0, 0.1) is 20.8 Å². The molecule has 0 radical (unpaired) electrons. The second kappa shape index (κ2) is 6.80. The van der Waals surface area contributed by atoms with E-state index in [2.05, 4.69) is 10.1 Å². The zero-order chi connectivity index (χ0) is 16.4. The van der Waals surface area contributed by atoms with Crippen molar-refractivity contribution in [3.63, 3.8) is 0 Å². The van der Waals surface area contributed by atoms with E-state index >= 15 is 0 Å². The molecule has 2 aromatic heterocycles. The van der Waals surface area contributed by atoms with Crippen LogP contribution in [0.5, 0.6) is 0 Å². The molecule has 124 valence electrons. The van der Waals surface area contributed by atoms with Crippen molar-refractivity contribution in [2.24, 2.45) is 0 Å². The van der Waals surface area contributed by atoms with Crippen LogP contribution in [0.4, 0.5) is 0 Å². The van der Waals surface area contributed by atoms with E-state index < -0.39 is 0 Å². The fourth-order valence-electron chi connectivity index (χ4n) is 2.83. The van der Waals surface area contributed by atoms with Gasteiger partial charge in [0.1, 0.15) is 6.54 Å². The number of rotatable bonds is 5. The summed E-state index contributed by atoms with van der Waals surface area (Å²) in [4.78, 5) is 18.7. The lowest BCUT2D eigenvalue weighted by molar-refractivity contribution is -0.131. The molecule has 0 saturated carbocycles. The predicted octanol–water partition coefficient (Wildman–Crippen LogP) is 2.08. The van der Waals surface area contributed by atoms with Crippen LogP contribution in [0.25, 0.3) is 0 Å². The molecule has 6 nitrogen and oxygen atoms in total. The monoisotopic (exact) mass is 334 g/mol. The number of carbonyl (C=O) groups excluding carboxylic acids is 1. The van der Waals surface area contributed by atoms with Gasteiger partial charge in [0.2, 0.25) is 5.91 Å². The third-order valence-corrected chi connectivity index (χ3v) is 4.84. The molecule has 0 spiro atoms. The van der Waals surface area contributed by atoms with Crippen LogP contribution < -0.4 is 0 Å². The second-order valence-corrected chi connectivity index (χ2v) is 7.07. The van der Waals surface area contributed by atoms with E-state index in [9.17, 15) is 4.79 Å². The van der Waals surface area contributed by atoms with Crippen molar-refractivity contribution < 1.29 is 9.53 Å². The van der Waals surface area contributed by atoms with Gasteiger partial charge >= 0.3 is 0 Å². The van der Waals surface area contributed by atoms with Crippen LogP contribution >= 0.6 is 11.3 Å². The van der Waals surface area contributed by atoms with E-state index in [-0.39, 0.29) is 12.0 Å². The van der Waals surface area contributed by atoms with Gasteiger partial charge < -0.3 is 9.64 Å². The van der Waals surface area contributed by atoms with E-state index in [1.165, 1.54) is 0 Å². The minimum absolute atomic E-state index is 0.0985. The Balaban J connectivity index is 1.49. The van der Waals surface area contributed by atoms with Crippen molar-refractivity contribution in [2.45, 2.75) is 46.4 Å². The third kappa shape index (κ3) is 3.97. The first-order valence-corrected chi connectivity index (χ1v) is 8.70. The number of carbonyl (C=O) groups is 1. The molecule has 0 N–H and O–H groups in total. The van der Waals surface area contributed by atoms with Crippen LogP contribution in [-0.4, -0.2) is 44.8 Å². The average Bonchev–Trinajstić information content (AvgIpc) is 3.19. The number of thiazole rings is 1. The molecule has 0 aromatic carbocycles. The normalized spacial score (nSPS) is 17.9. The molecule has 1 atom stereocenters. The van der Waals surface area contributed by atoms with Crippen LogP contribution in [0.15, 0.2) is 11.4 Å². The topological polar surface area (TPSA) is 60.2 Å². The molecule has 0 bridgehead atoms. The summed E-state index contributed by atoms with van der Waals surface area (Å²) in [5.74, 6) is 0.104. The molecule has 1 aliphatic heterocycles. The molecule has 3 heterocycles. The smallest absolute Gasteiger partial charge is 0.244 e. The molecular formula is C16H22N4O2S. The molecule has 2 aromatic rings. The second-order valence-electron chi connectivity index (χ2n) is 6.00. The lowest BCUT2D eigenvalue weighted by atomic mass is 10.3. The molecule has 3 rings (SSSR count). The van der Waals surface area contributed by atoms with Crippen molar-refractivity contribution in [3.8, 4) is 0 Å². The Bertz CT molecular complexity index is 694. The minimum Gasteiger partial charge on any atom is -0.370 e. The number of hydrogen-bond donors (Lipinski definition) is 0. The average molecular weight is 334 g/mol. The van der Waals surface area contributed by atoms with Crippen LogP contribution in [0.3, 0.4) is 0 Å². The SMILES string of the molecule is Cc1cc(C)n(CC(=O)N2CC[C@H](OCc3csc(C)n3)C2)n1. The minimum atomic E-state index is 0.0985. The number of ether oxygens (including phenoxy) is 1. The van der Waals surface area contributed by atoms with Crippen molar-refractivity contribution in [1.82, 2.24) is 19.7 Å². The number of hydrogen-bond acceptors (Lipinski definition) is 5. The Morgan fingerprint density at radius 3 is 2.91 bits per heavy atom. The summed E-state index contributed by atoms with van der Waals surface area (Å²) in [5.41, 5.74) is 2.93. The highest BCUT2D eigenvalue weighted by atomic mass is 32.1. The summed E-state index contributed by atoms with van der Waals surface area (Å²) >= 11 is 1.63. The lowest BCUT2D eigenvalue weighted by Gasteiger charge is -2.17. The van der Waals surface area contributed by atoms with Gasteiger partial charge in [0.05, 0.1) is 29.1 Å². The van der Waals surface area contributed by atoms with Gasteiger partial charge in [-0.25, -0.2) is 4.98 Å². The Labute approximate surface area is 140 Å². The maximum absolute atomic E-state index is 12.4. The molecule has 0 aliphatic carbocycles. The predicted molar refractivity (Wildman–Crippen MR) is 88.3 cm³/mol. The Hall–Kier alpha value is -1.73. The quantitative estimate of drug-likeness (QED) is 0.840. The van der Waals surface area contributed by atoms with Gasteiger partial charge in [0.25, 0.3) is 0 Å². The van der Waals surface area contributed by atoms with Gasteiger partial charge in [-0.3, -0.25) is 9.48 Å². The first kappa shape index (κ1) is 16.1. The van der Waals surface area contributed by atoms with Gasteiger partial charge in [-0.05, 0) is 33.3 Å². The van der Waals surface area contributed by atoms with Gasteiger partial charge in [-0.15, -0.1) is 11.3 Å². The standard InChI is InChI=1S/C16H22N4O2S/c1-11-6-12(2)20(18-11)8-16(21)19-5-4-15(7-19)22-9-14-10-23-13(3)17-14/h6,10,15H,4-5,7-9H2,1-3H3/t15-/m0/s1. The largest absolute Gasteiger partial charge is 0.370 e. The summed E-state index contributed by atoms with van der Waals surface area (Å²) < 4.78 is 7.66. The Kier molecular flexibility index (Phi) is 4.77. The van der Waals surface area contributed by atoms with Crippen LogP contribution in [0.1, 0.15) is 28.5 Å². The van der Waals surface area contributed by atoms with Crippen molar-refractivity contribution in [1.29, 1.82) is 0 Å². The maximum atomic E-state index is 12.4. The molecule has 1 saturated heterocycles. The highest BCUT2D eigenvalue weighted by molar-refractivity contribution is 7.09. The van der Waals surface area contributed by atoms with Crippen LogP contribution in [0.2, 0.25) is 0 Å². The molecule has 0 unspecified atom stereocenters. The van der Waals surface area contributed by atoms with Crippen LogP contribution in [-0.2, 0) is 22.7 Å². The van der Waals surface area contributed by atoms with Crippen molar-refractivity contribution in [2.75, 3.05) is 13.1 Å². The maximum Gasteiger partial charge on any atom is 0.244 e. The van der Waals surface area contributed by atoms with Crippen molar-refractivity contribution >= 4 is 17.2 Å². The lowest BCUT2D eigenvalue weighted by Crippen LogP contribution is -2.33. The fraction of sp³-hybridized carbons (Fsp3) is 0.562. The summed E-state index contributed by atoms with van der Waals surface area (Å²) in [6, 6.07) is 1.99. The van der Waals surface area contributed by atoms with Gasteiger partial charge in [-0.2, -0.15) is 5.10 Å². The van der Waals surface area contributed by atoms with E-state index in [0.717, 1.165) is 35.1 Å². The fourth-order valence-corrected chi connectivity index (χ4v) is 3.43. The molecule has 1 aliphatic rings. The number of likely N-dealkylation sites (tertiary alicyclic amines) is 1. The summed E-state index contributed by atoms with van der Waals surface area (Å²) in [6.07, 6.45) is 0.979. The van der Waals surface area contributed by atoms with E-state index in [1.54, 1.807) is 16.0 Å². The zero-order valence-corrected chi connectivity index (χ0v) is 14.6. The Morgan fingerprint density at radius 1 is 1.43 bits per heavy atom. The zero-order valence-electron chi connectivity index (χ0n) is 13.8. The summed E-state index contributed by atoms with van der Waals surface area (Å²) in [6.45, 7) is 8.13. The Morgan fingerprint density at radius 2 is 2.26 bits per heavy atom. The highest BCUT2D eigenvalue weighted by Crippen LogP contribution is 2.16. The molecule has 1 amide bonds. The van der Waals surface area contributed by atoms with Gasteiger partial charge in [0.15, 0.2) is 0 Å². The molecule has 1 fully saturated rings. The number of amides is 1. The highest BCUT2D eigenvalue weighted by Gasteiger charge is 2.27. The first-order chi connectivity index (χ1) is 11.0. The van der Waals surface area contributed by atoms with Gasteiger partial charge in [0, 0.05) is 24.2 Å². The third-order valence-electron chi connectivity index (χ3n) is 4.02. The van der Waals surface area contributed by atoms with E-state index in [0.29, 0.717) is 19.7 Å². The number of aryl methyl sites for hydroxylation is 3. The number of nitrogens with zero attached hydrogens (tertiary/aromatic N) is 4. The van der Waals surface area contributed by atoms with E-state index in [1.807, 2.05) is 37.1 Å². The number of aromatic nitrogens is 3. The molecule has 23 heavy (non-hydrogen) atoms. The summed E-state index contributed by atoms with van der Waals surface area (Å²) in [5, 5.41) is 7.43.